The van der Waals surface area contributed by atoms with Crippen molar-refractivity contribution in [1.82, 2.24) is 0 Å². The summed E-state index contributed by atoms with van der Waals surface area (Å²) < 4.78 is 0. The molecule has 170 valence electrons. The molecule has 0 saturated heterocycles. The molecular weight excluding hydrogens is 481 g/mol. The third-order valence-electron chi connectivity index (χ3n) is 4.86. The lowest BCUT2D eigenvalue weighted by Crippen LogP contribution is -2.32. The fraction of sp³-hybridized carbons (Fsp3) is 0. The fourth-order valence-corrected chi connectivity index (χ4v) is 3.58. The normalized spacial score (nSPS) is 13.3. The molecule has 10 heteroatoms. The van der Waals surface area contributed by atoms with Gasteiger partial charge < -0.3 is 20.5 Å². The van der Waals surface area contributed by atoms with E-state index >= 15 is 0 Å². The molecule has 0 saturated carbocycles. The maximum Gasteiger partial charge on any atom is 0.283 e. The monoisotopic (exact) mass is 494 g/mol. The number of nitrogens with zero attached hydrogens (tertiary/aromatic N) is 1. The van der Waals surface area contributed by atoms with E-state index in [1.807, 2.05) is 0 Å². The molecule has 1 heterocycles. The van der Waals surface area contributed by atoms with Gasteiger partial charge in [-0.05, 0) is 60.2 Å². The molecule has 1 aliphatic rings. The first-order valence-electron chi connectivity index (χ1n) is 9.78. The van der Waals surface area contributed by atoms with Crippen molar-refractivity contribution in [1.29, 1.82) is 0 Å². The number of aromatic carboxylic acids is 1. The van der Waals surface area contributed by atoms with Gasteiger partial charge in [-0.15, -0.1) is 0 Å². The number of hydrogen-bond acceptors (Lipinski definition) is 6. The van der Waals surface area contributed by atoms with Crippen molar-refractivity contribution in [3.63, 3.8) is 0 Å². The highest BCUT2D eigenvalue weighted by atomic mass is 35.5. The maximum absolute atomic E-state index is 12.9. The van der Waals surface area contributed by atoms with E-state index in [1.165, 1.54) is 24.3 Å². The number of rotatable bonds is 6. The van der Waals surface area contributed by atoms with E-state index in [0.717, 1.165) is 11.0 Å². The highest BCUT2D eigenvalue weighted by Gasteiger charge is 2.39. The molecule has 0 atom stereocenters. The van der Waals surface area contributed by atoms with Gasteiger partial charge in [-0.1, -0.05) is 41.4 Å². The van der Waals surface area contributed by atoms with Gasteiger partial charge >= 0.3 is 0 Å². The minimum Gasteiger partial charge on any atom is -0.545 e. The molecule has 2 N–H and O–H groups in total. The molecule has 0 fully saturated rings. The summed E-state index contributed by atoms with van der Waals surface area (Å²) in [5.41, 5.74) is 0.790. The second-order valence-corrected chi connectivity index (χ2v) is 7.95. The SMILES string of the molecule is O=C([O-])c1cccc(N2C(=O)C(Cl)=C(Nc3cccc(C(=O)Nc4ccc(Cl)cc4)c3)C2=O)c1. The summed E-state index contributed by atoms with van der Waals surface area (Å²) in [5, 5.41) is 16.8. The number of carbonyl (C=O) groups is 4. The highest BCUT2D eigenvalue weighted by Crippen LogP contribution is 2.30. The lowest BCUT2D eigenvalue weighted by molar-refractivity contribution is -0.255. The van der Waals surface area contributed by atoms with Crippen LogP contribution in [0.25, 0.3) is 0 Å². The molecule has 1 aliphatic heterocycles. The Labute approximate surface area is 203 Å². The molecule has 3 aromatic carbocycles. The Morgan fingerprint density at radius 3 is 2.18 bits per heavy atom. The predicted molar refractivity (Wildman–Crippen MR) is 126 cm³/mol. The lowest BCUT2D eigenvalue weighted by Gasteiger charge is -2.16. The number of imide groups is 1. The first kappa shape index (κ1) is 23.0. The average Bonchev–Trinajstić information content (AvgIpc) is 3.04. The number of amides is 3. The Kier molecular flexibility index (Phi) is 6.36. The molecule has 8 nitrogen and oxygen atoms in total. The number of hydrogen-bond donors (Lipinski definition) is 2. The number of anilines is 3. The number of benzene rings is 3. The van der Waals surface area contributed by atoms with Crippen molar-refractivity contribution < 1.29 is 24.3 Å². The number of carbonyl (C=O) groups excluding carboxylic acids is 4. The van der Waals surface area contributed by atoms with Crippen LogP contribution >= 0.6 is 23.2 Å². The minimum absolute atomic E-state index is 0.0303. The zero-order valence-electron chi connectivity index (χ0n) is 17.2. The van der Waals surface area contributed by atoms with Gasteiger partial charge in [-0.3, -0.25) is 14.4 Å². The Morgan fingerprint density at radius 2 is 1.47 bits per heavy atom. The zero-order valence-corrected chi connectivity index (χ0v) is 18.7. The summed E-state index contributed by atoms with van der Waals surface area (Å²) in [5.74, 6) is -3.45. The van der Waals surface area contributed by atoms with Crippen LogP contribution in [0.4, 0.5) is 17.1 Å². The van der Waals surface area contributed by atoms with E-state index in [1.54, 1.807) is 42.5 Å². The largest absolute Gasteiger partial charge is 0.545 e. The van der Waals surface area contributed by atoms with Gasteiger partial charge in [0.2, 0.25) is 0 Å². The summed E-state index contributed by atoms with van der Waals surface area (Å²) in [6.45, 7) is 0. The van der Waals surface area contributed by atoms with Gasteiger partial charge in [-0.25, -0.2) is 4.90 Å². The van der Waals surface area contributed by atoms with Crippen molar-refractivity contribution in [2.45, 2.75) is 0 Å². The minimum atomic E-state index is -1.45. The van der Waals surface area contributed by atoms with E-state index in [4.69, 9.17) is 23.2 Å². The molecular formula is C24H14Cl2N3O5-. The smallest absolute Gasteiger partial charge is 0.283 e. The molecule has 34 heavy (non-hydrogen) atoms. The Bertz CT molecular complexity index is 1370. The van der Waals surface area contributed by atoms with Crippen molar-refractivity contribution in [2.24, 2.45) is 0 Å². The van der Waals surface area contributed by atoms with Crippen molar-refractivity contribution in [2.75, 3.05) is 15.5 Å². The molecule has 0 radical (unpaired) electrons. The fourth-order valence-electron chi connectivity index (χ4n) is 3.24. The summed E-state index contributed by atoms with van der Waals surface area (Å²) in [6.07, 6.45) is 0. The standard InChI is InChI=1S/C24H15Cl2N3O5/c25-15-7-9-16(10-8-15)28-21(30)13-3-1-5-17(11-13)27-20-19(26)22(31)29(23(20)32)18-6-2-4-14(12-18)24(33)34/h1-12,27H,(H,28,30)(H,33,34)/p-1. The van der Waals surface area contributed by atoms with Gasteiger partial charge in [0.05, 0.1) is 11.7 Å². The third kappa shape index (κ3) is 4.63. The summed E-state index contributed by atoms with van der Waals surface area (Å²) in [7, 11) is 0. The second kappa shape index (κ2) is 9.38. The Morgan fingerprint density at radius 1 is 0.794 bits per heavy atom. The third-order valence-corrected chi connectivity index (χ3v) is 5.47. The molecule has 0 aliphatic carbocycles. The van der Waals surface area contributed by atoms with Gasteiger partial charge in [0.15, 0.2) is 0 Å². The first-order chi connectivity index (χ1) is 16.2. The maximum atomic E-state index is 12.9. The van der Waals surface area contributed by atoms with E-state index in [-0.39, 0.29) is 27.5 Å². The van der Waals surface area contributed by atoms with Crippen molar-refractivity contribution >= 4 is 64.0 Å². The number of carboxylic acid groups (broad SMARTS) is 1. The number of halogens is 2. The van der Waals surface area contributed by atoms with E-state index in [0.29, 0.717) is 16.4 Å². The summed E-state index contributed by atoms with van der Waals surface area (Å²) in [6, 6.07) is 18.0. The molecule has 3 amide bonds. The van der Waals surface area contributed by atoms with Crippen LogP contribution in [-0.4, -0.2) is 23.7 Å². The molecule has 0 unspecified atom stereocenters. The van der Waals surface area contributed by atoms with Crippen LogP contribution in [0.5, 0.6) is 0 Å². The van der Waals surface area contributed by atoms with Crippen LogP contribution in [0.15, 0.2) is 83.5 Å². The summed E-state index contributed by atoms with van der Waals surface area (Å²) >= 11 is 12.0. The zero-order chi connectivity index (χ0) is 24.4. The first-order valence-corrected chi connectivity index (χ1v) is 10.5. The second-order valence-electron chi connectivity index (χ2n) is 7.14. The van der Waals surface area contributed by atoms with Crippen molar-refractivity contribution in [3.05, 3.63) is 99.7 Å². The van der Waals surface area contributed by atoms with Gasteiger partial charge in [0.1, 0.15) is 10.7 Å². The van der Waals surface area contributed by atoms with Gasteiger partial charge in [-0.2, -0.15) is 0 Å². The van der Waals surface area contributed by atoms with Crippen LogP contribution in [0, 0.1) is 0 Å². The van der Waals surface area contributed by atoms with E-state index < -0.39 is 23.7 Å². The van der Waals surface area contributed by atoms with Crippen LogP contribution in [0.2, 0.25) is 5.02 Å². The van der Waals surface area contributed by atoms with Gasteiger partial charge in [0, 0.05) is 22.0 Å². The van der Waals surface area contributed by atoms with Crippen LogP contribution < -0.4 is 20.6 Å². The Hall–Kier alpha value is -4.14. The molecule has 4 rings (SSSR count). The van der Waals surface area contributed by atoms with Crippen molar-refractivity contribution in [3.8, 4) is 0 Å². The topological polar surface area (TPSA) is 119 Å². The van der Waals surface area contributed by atoms with Gasteiger partial charge in [0.25, 0.3) is 17.7 Å². The number of nitrogens with one attached hydrogen (secondary N) is 2. The molecule has 0 aromatic heterocycles. The average molecular weight is 495 g/mol. The molecule has 0 bridgehead atoms. The van der Waals surface area contributed by atoms with E-state index in [9.17, 15) is 24.3 Å². The highest BCUT2D eigenvalue weighted by molar-refractivity contribution is 6.53. The lowest BCUT2D eigenvalue weighted by atomic mass is 10.1. The van der Waals surface area contributed by atoms with Crippen LogP contribution in [0.1, 0.15) is 20.7 Å². The molecule has 3 aromatic rings. The number of carboxylic acids is 1. The van der Waals surface area contributed by atoms with E-state index in [2.05, 4.69) is 10.6 Å². The Balaban J connectivity index is 1.54. The predicted octanol–water partition coefficient (Wildman–Crippen LogP) is 3.39. The quantitative estimate of drug-likeness (QED) is 0.507. The van der Waals surface area contributed by atoms with Crippen LogP contribution in [-0.2, 0) is 9.59 Å². The van der Waals surface area contributed by atoms with Crippen LogP contribution in [0.3, 0.4) is 0 Å². The summed E-state index contributed by atoms with van der Waals surface area (Å²) in [4.78, 5) is 50.1. The molecule has 0 spiro atoms.